The number of benzene rings is 2. The SMILES string of the molecule is CC(OC(=O)c1c(F)cccc1F)C(=O)Nc1ccc([N+](=O)[O-])cc1. The highest BCUT2D eigenvalue weighted by Gasteiger charge is 2.24. The minimum absolute atomic E-state index is 0.160. The summed E-state index contributed by atoms with van der Waals surface area (Å²) >= 11 is 0. The van der Waals surface area contributed by atoms with Gasteiger partial charge in [0.2, 0.25) is 0 Å². The molecule has 0 heterocycles. The summed E-state index contributed by atoms with van der Waals surface area (Å²) in [4.78, 5) is 33.7. The highest BCUT2D eigenvalue weighted by atomic mass is 19.1. The van der Waals surface area contributed by atoms with Gasteiger partial charge in [-0.2, -0.15) is 0 Å². The van der Waals surface area contributed by atoms with Crippen LogP contribution in [0.4, 0.5) is 20.2 Å². The van der Waals surface area contributed by atoms with Gasteiger partial charge in [-0.25, -0.2) is 13.6 Å². The Hall–Kier alpha value is -3.36. The Bertz CT molecular complexity index is 804. The number of amides is 1. The summed E-state index contributed by atoms with van der Waals surface area (Å²) in [7, 11) is 0. The minimum Gasteiger partial charge on any atom is -0.449 e. The molecule has 130 valence electrons. The molecule has 0 aliphatic rings. The lowest BCUT2D eigenvalue weighted by Crippen LogP contribution is -2.30. The molecule has 25 heavy (non-hydrogen) atoms. The van der Waals surface area contributed by atoms with Gasteiger partial charge >= 0.3 is 5.97 Å². The zero-order chi connectivity index (χ0) is 18.6. The van der Waals surface area contributed by atoms with Crippen molar-refractivity contribution in [3.63, 3.8) is 0 Å². The van der Waals surface area contributed by atoms with Crippen molar-refractivity contribution < 1.29 is 28.0 Å². The van der Waals surface area contributed by atoms with Crippen molar-refractivity contribution in [3.05, 3.63) is 69.8 Å². The number of halogens is 2. The molecule has 2 aromatic rings. The molecule has 9 heteroatoms. The van der Waals surface area contributed by atoms with Crippen molar-refractivity contribution in [1.29, 1.82) is 0 Å². The molecular weight excluding hydrogens is 338 g/mol. The van der Waals surface area contributed by atoms with Gasteiger partial charge in [-0.15, -0.1) is 0 Å². The van der Waals surface area contributed by atoms with Gasteiger partial charge in [0.15, 0.2) is 6.10 Å². The van der Waals surface area contributed by atoms with Crippen molar-refractivity contribution in [3.8, 4) is 0 Å². The van der Waals surface area contributed by atoms with Gasteiger partial charge in [0, 0.05) is 17.8 Å². The van der Waals surface area contributed by atoms with E-state index in [-0.39, 0.29) is 11.4 Å². The van der Waals surface area contributed by atoms with E-state index in [0.29, 0.717) is 0 Å². The Balaban J connectivity index is 2.02. The maximum atomic E-state index is 13.5. The van der Waals surface area contributed by atoms with Crippen LogP contribution in [0.15, 0.2) is 42.5 Å². The Morgan fingerprint density at radius 1 is 1.12 bits per heavy atom. The summed E-state index contributed by atoms with van der Waals surface area (Å²) < 4.78 is 31.8. The highest BCUT2D eigenvalue weighted by molar-refractivity contribution is 5.97. The van der Waals surface area contributed by atoms with Crippen molar-refractivity contribution >= 4 is 23.3 Å². The summed E-state index contributed by atoms with van der Waals surface area (Å²) in [5.74, 6) is -4.29. The van der Waals surface area contributed by atoms with Crippen LogP contribution in [-0.2, 0) is 9.53 Å². The summed E-state index contributed by atoms with van der Waals surface area (Å²) in [5, 5.41) is 12.9. The van der Waals surface area contributed by atoms with Crippen molar-refractivity contribution in [2.24, 2.45) is 0 Å². The number of carbonyl (C=O) groups is 2. The molecule has 1 atom stereocenters. The molecule has 0 saturated carbocycles. The fourth-order valence-electron chi connectivity index (χ4n) is 1.88. The van der Waals surface area contributed by atoms with Gasteiger partial charge in [-0.1, -0.05) is 6.07 Å². The van der Waals surface area contributed by atoms with E-state index in [1.165, 1.54) is 31.2 Å². The first-order chi connectivity index (χ1) is 11.8. The number of hydrogen-bond acceptors (Lipinski definition) is 5. The summed E-state index contributed by atoms with van der Waals surface area (Å²) in [6.45, 7) is 1.22. The van der Waals surface area contributed by atoms with Crippen LogP contribution in [0.3, 0.4) is 0 Å². The first kappa shape index (κ1) is 18.0. The van der Waals surface area contributed by atoms with Crippen LogP contribution in [-0.4, -0.2) is 22.9 Å². The van der Waals surface area contributed by atoms with Gasteiger partial charge in [0.1, 0.15) is 17.2 Å². The number of rotatable bonds is 5. The fraction of sp³-hybridized carbons (Fsp3) is 0.125. The van der Waals surface area contributed by atoms with Gasteiger partial charge in [0.05, 0.1) is 4.92 Å². The van der Waals surface area contributed by atoms with Crippen LogP contribution in [0.1, 0.15) is 17.3 Å². The molecule has 0 aliphatic carbocycles. The van der Waals surface area contributed by atoms with E-state index >= 15 is 0 Å². The predicted octanol–water partition coefficient (Wildman–Crippen LogP) is 3.06. The van der Waals surface area contributed by atoms with Crippen molar-refractivity contribution in [2.75, 3.05) is 5.32 Å². The zero-order valence-corrected chi connectivity index (χ0v) is 12.9. The third-order valence-corrected chi connectivity index (χ3v) is 3.17. The number of nitro groups is 1. The lowest BCUT2D eigenvalue weighted by atomic mass is 10.2. The molecule has 0 radical (unpaired) electrons. The van der Waals surface area contributed by atoms with E-state index in [1.54, 1.807) is 0 Å². The molecule has 0 aliphatic heterocycles. The van der Waals surface area contributed by atoms with Crippen LogP contribution >= 0.6 is 0 Å². The fourth-order valence-corrected chi connectivity index (χ4v) is 1.88. The van der Waals surface area contributed by atoms with Crippen LogP contribution in [0.2, 0.25) is 0 Å². The predicted molar refractivity (Wildman–Crippen MR) is 83.0 cm³/mol. The molecule has 2 rings (SSSR count). The molecule has 0 saturated heterocycles. The van der Waals surface area contributed by atoms with E-state index in [1.807, 2.05) is 0 Å². The molecule has 0 bridgehead atoms. The number of nitrogens with zero attached hydrogens (tertiary/aromatic N) is 1. The van der Waals surface area contributed by atoms with Crippen LogP contribution in [0.25, 0.3) is 0 Å². The minimum atomic E-state index is -1.35. The highest BCUT2D eigenvalue weighted by Crippen LogP contribution is 2.17. The van der Waals surface area contributed by atoms with Crippen LogP contribution in [0.5, 0.6) is 0 Å². The van der Waals surface area contributed by atoms with Crippen molar-refractivity contribution in [2.45, 2.75) is 13.0 Å². The molecule has 1 unspecified atom stereocenters. The Kier molecular flexibility index (Phi) is 5.38. The van der Waals surface area contributed by atoms with Crippen LogP contribution in [0, 0.1) is 21.7 Å². The second-order valence-electron chi connectivity index (χ2n) is 4.94. The molecule has 1 N–H and O–H groups in total. The normalized spacial score (nSPS) is 11.5. The number of hydrogen-bond donors (Lipinski definition) is 1. The Morgan fingerprint density at radius 3 is 2.20 bits per heavy atom. The second kappa shape index (κ2) is 7.47. The second-order valence-corrected chi connectivity index (χ2v) is 4.94. The van der Waals surface area contributed by atoms with E-state index in [4.69, 9.17) is 4.74 Å². The van der Waals surface area contributed by atoms with E-state index < -0.39 is 40.1 Å². The summed E-state index contributed by atoms with van der Waals surface area (Å²) in [6, 6.07) is 7.82. The largest absolute Gasteiger partial charge is 0.449 e. The van der Waals surface area contributed by atoms with Gasteiger partial charge in [-0.3, -0.25) is 14.9 Å². The van der Waals surface area contributed by atoms with Gasteiger partial charge in [0.25, 0.3) is 11.6 Å². The number of ether oxygens (including phenoxy) is 1. The molecule has 0 spiro atoms. The number of nitrogens with one attached hydrogen (secondary N) is 1. The van der Waals surface area contributed by atoms with E-state index in [2.05, 4.69) is 5.32 Å². The third kappa shape index (κ3) is 4.34. The monoisotopic (exact) mass is 350 g/mol. The van der Waals surface area contributed by atoms with Gasteiger partial charge < -0.3 is 10.1 Å². The first-order valence-electron chi connectivity index (χ1n) is 7.00. The topological polar surface area (TPSA) is 98.5 Å². The molecule has 0 fully saturated rings. The lowest BCUT2D eigenvalue weighted by molar-refractivity contribution is -0.384. The average Bonchev–Trinajstić information content (AvgIpc) is 2.55. The number of esters is 1. The molecule has 2 aromatic carbocycles. The van der Waals surface area contributed by atoms with E-state index in [9.17, 15) is 28.5 Å². The summed E-state index contributed by atoms with van der Waals surface area (Å²) in [6.07, 6.45) is -1.35. The van der Waals surface area contributed by atoms with Crippen molar-refractivity contribution in [1.82, 2.24) is 0 Å². The smallest absolute Gasteiger partial charge is 0.344 e. The Labute approximate surface area is 140 Å². The number of non-ortho nitro benzene ring substituents is 1. The van der Waals surface area contributed by atoms with Gasteiger partial charge in [-0.05, 0) is 31.2 Å². The third-order valence-electron chi connectivity index (χ3n) is 3.17. The summed E-state index contributed by atoms with van der Waals surface area (Å²) in [5.41, 5.74) is -0.819. The molecule has 1 amide bonds. The average molecular weight is 350 g/mol. The number of carbonyl (C=O) groups excluding carboxylic acids is 2. The number of anilines is 1. The van der Waals surface area contributed by atoms with Crippen LogP contribution < -0.4 is 5.32 Å². The molecular formula is C16H12F2N2O5. The first-order valence-corrected chi connectivity index (χ1v) is 7.00. The zero-order valence-electron chi connectivity index (χ0n) is 12.9. The molecule has 0 aromatic heterocycles. The number of nitro benzene ring substituents is 1. The lowest BCUT2D eigenvalue weighted by Gasteiger charge is -2.14. The quantitative estimate of drug-likeness (QED) is 0.508. The standard InChI is InChI=1S/C16H12F2N2O5/c1-9(25-16(22)14-12(17)3-2-4-13(14)18)15(21)19-10-5-7-11(8-6-10)20(23)24/h2-9H,1H3,(H,19,21). The van der Waals surface area contributed by atoms with E-state index in [0.717, 1.165) is 18.2 Å². The maximum Gasteiger partial charge on any atom is 0.344 e. The maximum absolute atomic E-state index is 13.5. The molecule has 7 nitrogen and oxygen atoms in total. The Morgan fingerprint density at radius 2 is 1.68 bits per heavy atom.